The Hall–Kier alpha value is -1.85. The highest BCUT2D eigenvalue weighted by molar-refractivity contribution is 5.91. The SMILES string of the molecule is O=C(C=Cc1ccc(N2CCOCC2)cc1)NCC1CCCC1O. The van der Waals surface area contributed by atoms with Crippen LogP contribution in [0, 0.1) is 5.92 Å². The van der Waals surface area contributed by atoms with Crippen molar-refractivity contribution in [2.45, 2.75) is 25.4 Å². The number of carbonyl (C=O) groups is 1. The van der Waals surface area contributed by atoms with Crippen molar-refractivity contribution in [1.82, 2.24) is 5.32 Å². The van der Waals surface area contributed by atoms with Gasteiger partial charge < -0.3 is 20.1 Å². The minimum atomic E-state index is -0.262. The van der Waals surface area contributed by atoms with Crippen LogP contribution in [0.2, 0.25) is 0 Å². The second kappa shape index (κ2) is 8.31. The van der Waals surface area contributed by atoms with Gasteiger partial charge in [-0.25, -0.2) is 0 Å². The van der Waals surface area contributed by atoms with Crippen molar-refractivity contribution in [3.8, 4) is 0 Å². The molecule has 2 fully saturated rings. The van der Waals surface area contributed by atoms with E-state index in [2.05, 4.69) is 22.3 Å². The Bertz CT molecular complexity index is 564. The molecule has 5 heteroatoms. The molecule has 2 N–H and O–H groups in total. The summed E-state index contributed by atoms with van der Waals surface area (Å²) in [5.74, 6) is 0.0986. The molecule has 2 aliphatic rings. The first kappa shape index (κ1) is 17.0. The summed E-state index contributed by atoms with van der Waals surface area (Å²) < 4.78 is 5.36. The van der Waals surface area contributed by atoms with Gasteiger partial charge in [-0.3, -0.25) is 4.79 Å². The van der Waals surface area contributed by atoms with E-state index >= 15 is 0 Å². The van der Waals surface area contributed by atoms with Crippen molar-refractivity contribution in [1.29, 1.82) is 0 Å². The lowest BCUT2D eigenvalue weighted by Gasteiger charge is -2.28. The summed E-state index contributed by atoms with van der Waals surface area (Å²) in [6.45, 7) is 3.95. The molecule has 0 radical (unpaired) electrons. The van der Waals surface area contributed by atoms with Crippen LogP contribution in [0.25, 0.3) is 6.08 Å². The van der Waals surface area contributed by atoms with E-state index in [1.165, 1.54) is 5.69 Å². The largest absolute Gasteiger partial charge is 0.393 e. The van der Waals surface area contributed by atoms with Crippen LogP contribution in [0.5, 0.6) is 0 Å². The third kappa shape index (κ3) is 4.58. The zero-order valence-corrected chi connectivity index (χ0v) is 14.0. The van der Waals surface area contributed by atoms with Crippen LogP contribution in [-0.4, -0.2) is 50.0 Å². The minimum absolute atomic E-state index is 0.105. The maximum atomic E-state index is 11.9. The van der Waals surface area contributed by atoms with E-state index in [0.29, 0.717) is 6.54 Å². The predicted molar refractivity (Wildman–Crippen MR) is 94.9 cm³/mol. The van der Waals surface area contributed by atoms with Crippen molar-refractivity contribution in [3.63, 3.8) is 0 Å². The molecule has 2 atom stereocenters. The monoisotopic (exact) mass is 330 g/mol. The van der Waals surface area contributed by atoms with Crippen molar-refractivity contribution in [2.75, 3.05) is 37.7 Å². The molecule has 1 heterocycles. The van der Waals surface area contributed by atoms with E-state index < -0.39 is 0 Å². The molecule has 1 aliphatic carbocycles. The average molecular weight is 330 g/mol. The van der Waals surface area contributed by atoms with Crippen LogP contribution < -0.4 is 10.2 Å². The van der Waals surface area contributed by atoms with Crippen molar-refractivity contribution < 1.29 is 14.6 Å². The second-order valence-electron chi connectivity index (χ2n) is 6.53. The Labute approximate surface area is 143 Å². The fraction of sp³-hybridized carbons (Fsp3) is 0.526. The Balaban J connectivity index is 1.47. The zero-order chi connectivity index (χ0) is 16.8. The van der Waals surface area contributed by atoms with Crippen LogP contribution in [0.1, 0.15) is 24.8 Å². The Kier molecular flexibility index (Phi) is 5.88. The lowest BCUT2D eigenvalue weighted by Crippen LogP contribution is -2.36. The number of carbonyl (C=O) groups excluding carboxylic acids is 1. The van der Waals surface area contributed by atoms with Crippen LogP contribution >= 0.6 is 0 Å². The highest BCUT2D eigenvalue weighted by Gasteiger charge is 2.24. The highest BCUT2D eigenvalue weighted by Crippen LogP contribution is 2.24. The van der Waals surface area contributed by atoms with E-state index in [0.717, 1.165) is 51.1 Å². The van der Waals surface area contributed by atoms with Crippen molar-refractivity contribution in [2.24, 2.45) is 5.92 Å². The molecule has 1 saturated heterocycles. The van der Waals surface area contributed by atoms with Crippen LogP contribution in [0.15, 0.2) is 30.3 Å². The summed E-state index contributed by atoms with van der Waals surface area (Å²) in [6.07, 6.45) is 6.02. The van der Waals surface area contributed by atoms with Crippen LogP contribution in [0.3, 0.4) is 0 Å². The first-order valence-electron chi connectivity index (χ1n) is 8.79. The number of anilines is 1. The number of hydrogen-bond donors (Lipinski definition) is 2. The van der Waals surface area contributed by atoms with Gasteiger partial charge in [0, 0.05) is 37.3 Å². The molecule has 1 aromatic carbocycles. The average Bonchev–Trinajstić information content (AvgIpc) is 3.04. The molecule has 1 aromatic rings. The molecule has 1 aliphatic heterocycles. The maximum absolute atomic E-state index is 11.9. The van der Waals surface area contributed by atoms with E-state index in [-0.39, 0.29) is 17.9 Å². The number of hydrogen-bond acceptors (Lipinski definition) is 4. The first-order valence-corrected chi connectivity index (χ1v) is 8.79. The minimum Gasteiger partial charge on any atom is -0.393 e. The number of amides is 1. The highest BCUT2D eigenvalue weighted by atomic mass is 16.5. The number of morpholine rings is 1. The van der Waals surface area contributed by atoms with Gasteiger partial charge in [-0.1, -0.05) is 18.6 Å². The number of nitrogens with zero attached hydrogens (tertiary/aromatic N) is 1. The van der Waals surface area contributed by atoms with Gasteiger partial charge in [0.1, 0.15) is 0 Å². The summed E-state index contributed by atoms with van der Waals surface area (Å²) in [4.78, 5) is 14.2. The van der Waals surface area contributed by atoms with E-state index in [1.54, 1.807) is 6.08 Å². The molecule has 5 nitrogen and oxygen atoms in total. The van der Waals surface area contributed by atoms with E-state index in [1.807, 2.05) is 18.2 Å². The van der Waals surface area contributed by atoms with E-state index in [9.17, 15) is 9.90 Å². The molecule has 0 spiro atoms. The van der Waals surface area contributed by atoms with Crippen LogP contribution in [0.4, 0.5) is 5.69 Å². The van der Waals surface area contributed by atoms with Gasteiger partial charge in [-0.05, 0) is 36.6 Å². The first-order chi connectivity index (χ1) is 11.7. The Morgan fingerprint density at radius 3 is 2.67 bits per heavy atom. The normalized spacial score (nSPS) is 24.5. The quantitative estimate of drug-likeness (QED) is 0.809. The molecule has 1 amide bonds. The van der Waals surface area contributed by atoms with E-state index in [4.69, 9.17) is 4.74 Å². The fourth-order valence-corrected chi connectivity index (χ4v) is 3.34. The number of nitrogens with one attached hydrogen (secondary N) is 1. The third-order valence-corrected chi connectivity index (χ3v) is 4.85. The summed E-state index contributed by atoms with van der Waals surface area (Å²) in [5.41, 5.74) is 2.19. The van der Waals surface area contributed by atoms with Gasteiger partial charge in [0.05, 0.1) is 19.3 Å². The standard InChI is InChI=1S/C19H26N2O3/c22-18-3-1-2-16(18)14-20-19(23)9-6-15-4-7-17(8-5-15)21-10-12-24-13-11-21/h4-9,16,18,22H,1-3,10-14H2,(H,20,23). The molecule has 24 heavy (non-hydrogen) atoms. The lowest BCUT2D eigenvalue weighted by atomic mass is 10.1. The van der Waals surface area contributed by atoms with Gasteiger partial charge in [0.2, 0.25) is 5.91 Å². The number of aliphatic hydroxyl groups excluding tert-OH is 1. The maximum Gasteiger partial charge on any atom is 0.244 e. The van der Waals surface area contributed by atoms with Gasteiger partial charge in [0.25, 0.3) is 0 Å². The number of ether oxygens (including phenoxy) is 1. The Morgan fingerprint density at radius 1 is 1.25 bits per heavy atom. The molecule has 2 unspecified atom stereocenters. The number of aliphatic hydroxyl groups is 1. The second-order valence-corrected chi connectivity index (χ2v) is 6.53. The topological polar surface area (TPSA) is 61.8 Å². The van der Waals surface area contributed by atoms with Gasteiger partial charge in [-0.2, -0.15) is 0 Å². The van der Waals surface area contributed by atoms with Gasteiger partial charge in [-0.15, -0.1) is 0 Å². The molecule has 0 bridgehead atoms. The predicted octanol–water partition coefficient (Wildman–Crippen LogP) is 1.81. The fourth-order valence-electron chi connectivity index (χ4n) is 3.34. The molecular weight excluding hydrogens is 304 g/mol. The molecule has 0 aromatic heterocycles. The summed E-state index contributed by atoms with van der Waals surface area (Å²) >= 11 is 0. The molecule has 3 rings (SSSR count). The summed E-state index contributed by atoms with van der Waals surface area (Å²) in [5, 5.41) is 12.6. The van der Waals surface area contributed by atoms with Gasteiger partial charge in [0.15, 0.2) is 0 Å². The lowest BCUT2D eigenvalue weighted by molar-refractivity contribution is -0.116. The molecule has 1 saturated carbocycles. The Morgan fingerprint density at radius 2 is 2.00 bits per heavy atom. The van der Waals surface area contributed by atoms with Gasteiger partial charge >= 0.3 is 0 Å². The summed E-state index contributed by atoms with van der Waals surface area (Å²) in [7, 11) is 0. The zero-order valence-electron chi connectivity index (χ0n) is 14.0. The summed E-state index contributed by atoms with van der Waals surface area (Å²) in [6, 6.07) is 8.21. The molecular formula is C19H26N2O3. The number of rotatable bonds is 5. The third-order valence-electron chi connectivity index (χ3n) is 4.85. The van der Waals surface area contributed by atoms with Crippen LogP contribution in [-0.2, 0) is 9.53 Å². The van der Waals surface area contributed by atoms with Crippen molar-refractivity contribution in [3.05, 3.63) is 35.9 Å². The number of benzene rings is 1. The molecule has 130 valence electrons. The smallest absolute Gasteiger partial charge is 0.244 e. The van der Waals surface area contributed by atoms with Crippen molar-refractivity contribution >= 4 is 17.7 Å².